The molecular formula is C15H20N2O3S. The van der Waals surface area contributed by atoms with Crippen molar-refractivity contribution >= 4 is 10.1 Å². The summed E-state index contributed by atoms with van der Waals surface area (Å²) in [6, 6.07) is 8.23. The minimum Gasteiger partial charge on any atom is -0.335 e. The van der Waals surface area contributed by atoms with Crippen LogP contribution < -0.4 is 0 Å². The lowest BCUT2D eigenvalue weighted by Gasteiger charge is -2.17. The number of nitrogens with zero attached hydrogens (tertiary/aromatic N) is 2. The van der Waals surface area contributed by atoms with Crippen LogP contribution in [-0.4, -0.2) is 30.3 Å². The molecule has 1 aromatic carbocycles. The second-order valence-electron chi connectivity index (χ2n) is 5.21. The SMILES string of the molecule is Cc1ccc(CCC(Cn2ccnc2)OS(C)(=O)=O)cc1. The molecule has 1 atom stereocenters. The Bertz CT molecular complexity index is 649. The first kappa shape index (κ1) is 15.7. The molecule has 2 aromatic rings. The molecule has 0 N–H and O–H groups in total. The van der Waals surface area contributed by atoms with Crippen LogP contribution in [0.15, 0.2) is 43.0 Å². The molecule has 0 aliphatic heterocycles. The highest BCUT2D eigenvalue weighted by Gasteiger charge is 2.16. The topological polar surface area (TPSA) is 61.2 Å². The molecule has 0 saturated carbocycles. The number of hydrogen-bond acceptors (Lipinski definition) is 4. The molecule has 1 aromatic heterocycles. The molecule has 0 spiro atoms. The van der Waals surface area contributed by atoms with Crippen molar-refractivity contribution < 1.29 is 12.6 Å². The third-order valence-electron chi connectivity index (χ3n) is 3.16. The lowest BCUT2D eigenvalue weighted by Crippen LogP contribution is -2.23. The molecule has 2 rings (SSSR count). The fourth-order valence-electron chi connectivity index (χ4n) is 2.13. The molecule has 0 saturated heterocycles. The molecule has 0 bridgehead atoms. The second-order valence-corrected chi connectivity index (χ2v) is 6.81. The van der Waals surface area contributed by atoms with Crippen molar-refractivity contribution in [1.82, 2.24) is 9.55 Å². The van der Waals surface area contributed by atoms with Crippen LogP contribution >= 0.6 is 0 Å². The van der Waals surface area contributed by atoms with Gasteiger partial charge in [-0.05, 0) is 25.3 Å². The van der Waals surface area contributed by atoms with Gasteiger partial charge in [0.15, 0.2) is 0 Å². The van der Waals surface area contributed by atoms with Gasteiger partial charge in [-0.3, -0.25) is 4.18 Å². The van der Waals surface area contributed by atoms with Gasteiger partial charge >= 0.3 is 0 Å². The monoisotopic (exact) mass is 308 g/mol. The minimum absolute atomic E-state index is 0.393. The first-order chi connectivity index (χ1) is 9.92. The van der Waals surface area contributed by atoms with Gasteiger partial charge in [-0.2, -0.15) is 8.42 Å². The van der Waals surface area contributed by atoms with Crippen molar-refractivity contribution in [2.24, 2.45) is 0 Å². The molecule has 0 amide bonds. The van der Waals surface area contributed by atoms with Crippen LogP contribution in [0.4, 0.5) is 0 Å². The number of aryl methyl sites for hydroxylation is 2. The van der Waals surface area contributed by atoms with Gasteiger partial charge in [-0.1, -0.05) is 29.8 Å². The van der Waals surface area contributed by atoms with Crippen LogP contribution in [0.5, 0.6) is 0 Å². The number of rotatable bonds is 7. The minimum atomic E-state index is -3.47. The van der Waals surface area contributed by atoms with Crippen molar-refractivity contribution in [1.29, 1.82) is 0 Å². The molecule has 0 aliphatic carbocycles. The average molecular weight is 308 g/mol. The summed E-state index contributed by atoms with van der Waals surface area (Å²) >= 11 is 0. The van der Waals surface area contributed by atoms with Crippen molar-refractivity contribution in [3.05, 3.63) is 54.1 Å². The average Bonchev–Trinajstić information content (AvgIpc) is 2.89. The summed E-state index contributed by atoms with van der Waals surface area (Å²) in [6.07, 6.45) is 7.21. The molecule has 1 heterocycles. The third kappa shape index (κ3) is 5.69. The van der Waals surface area contributed by atoms with E-state index >= 15 is 0 Å². The summed E-state index contributed by atoms with van der Waals surface area (Å²) in [5.41, 5.74) is 2.38. The first-order valence-electron chi connectivity index (χ1n) is 6.82. The molecular weight excluding hydrogens is 288 g/mol. The Balaban J connectivity index is 1.99. The summed E-state index contributed by atoms with van der Waals surface area (Å²) in [4.78, 5) is 3.96. The second kappa shape index (κ2) is 6.87. The van der Waals surface area contributed by atoms with Crippen molar-refractivity contribution in [3.63, 3.8) is 0 Å². The number of imidazole rings is 1. The predicted molar refractivity (Wildman–Crippen MR) is 81.4 cm³/mol. The third-order valence-corrected chi connectivity index (χ3v) is 3.78. The Hall–Kier alpha value is -1.66. The summed E-state index contributed by atoms with van der Waals surface area (Å²) in [5, 5.41) is 0. The van der Waals surface area contributed by atoms with E-state index in [2.05, 4.69) is 29.2 Å². The zero-order valence-corrected chi connectivity index (χ0v) is 13.1. The Morgan fingerprint density at radius 1 is 1.29 bits per heavy atom. The quantitative estimate of drug-likeness (QED) is 0.736. The molecule has 21 heavy (non-hydrogen) atoms. The van der Waals surface area contributed by atoms with Gasteiger partial charge in [0.2, 0.25) is 0 Å². The molecule has 0 aliphatic rings. The lowest BCUT2D eigenvalue weighted by molar-refractivity contribution is 0.180. The smallest absolute Gasteiger partial charge is 0.264 e. The number of hydrogen-bond donors (Lipinski definition) is 0. The summed E-state index contributed by atoms with van der Waals surface area (Å²) in [5.74, 6) is 0. The van der Waals surface area contributed by atoms with Gasteiger partial charge in [0.1, 0.15) is 0 Å². The number of benzene rings is 1. The lowest BCUT2D eigenvalue weighted by atomic mass is 10.1. The van der Waals surface area contributed by atoms with E-state index in [1.807, 2.05) is 11.5 Å². The van der Waals surface area contributed by atoms with E-state index in [9.17, 15) is 8.42 Å². The Kier molecular flexibility index (Phi) is 5.14. The van der Waals surface area contributed by atoms with Crippen molar-refractivity contribution in [2.75, 3.05) is 6.26 Å². The van der Waals surface area contributed by atoms with Crippen LogP contribution in [0.25, 0.3) is 0 Å². The van der Waals surface area contributed by atoms with Crippen molar-refractivity contribution in [3.8, 4) is 0 Å². The van der Waals surface area contributed by atoms with E-state index in [4.69, 9.17) is 4.18 Å². The van der Waals surface area contributed by atoms with Gasteiger partial charge in [-0.25, -0.2) is 4.98 Å². The van der Waals surface area contributed by atoms with Gasteiger partial charge in [0.05, 0.1) is 25.2 Å². The fraction of sp³-hybridized carbons (Fsp3) is 0.400. The van der Waals surface area contributed by atoms with Gasteiger partial charge in [0, 0.05) is 12.4 Å². The maximum absolute atomic E-state index is 11.4. The van der Waals surface area contributed by atoms with E-state index < -0.39 is 16.2 Å². The van der Waals surface area contributed by atoms with Crippen molar-refractivity contribution in [2.45, 2.75) is 32.4 Å². The van der Waals surface area contributed by atoms with E-state index in [1.165, 1.54) is 11.1 Å². The fourth-order valence-corrected chi connectivity index (χ4v) is 2.78. The van der Waals surface area contributed by atoms with E-state index in [1.54, 1.807) is 18.7 Å². The first-order valence-corrected chi connectivity index (χ1v) is 8.63. The Morgan fingerprint density at radius 2 is 2.00 bits per heavy atom. The molecule has 5 nitrogen and oxygen atoms in total. The van der Waals surface area contributed by atoms with Gasteiger partial charge < -0.3 is 4.57 Å². The normalized spacial score (nSPS) is 13.2. The largest absolute Gasteiger partial charge is 0.335 e. The molecule has 0 radical (unpaired) electrons. The summed E-state index contributed by atoms with van der Waals surface area (Å²) in [6.45, 7) is 2.51. The maximum Gasteiger partial charge on any atom is 0.264 e. The van der Waals surface area contributed by atoms with Crippen LogP contribution in [0.2, 0.25) is 0 Å². The highest BCUT2D eigenvalue weighted by atomic mass is 32.2. The summed E-state index contributed by atoms with van der Waals surface area (Å²) < 4.78 is 29.8. The van der Waals surface area contributed by atoms with E-state index in [0.29, 0.717) is 13.0 Å². The molecule has 1 unspecified atom stereocenters. The zero-order valence-electron chi connectivity index (χ0n) is 12.3. The molecule has 6 heteroatoms. The highest BCUT2D eigenvalue weighted by molar-refractivity contribution is 7.86. The van der Waals surface area contributed by atoms with E-state index in [-0.39, 0.29) is 0 Å². The maximum atomic E-state index is 11.4. The summed E-state index contributed by atoms with van der Waals surface area (Å²) in [7, 11) is -3.47. The van der Waals surface area contributed by atoms with Gasteiger partial charge in [0.25, 0.3) is 10.1 Å². The van der Waals surface area contributed by atoms with Crippen LogP contribution in [0, 0.1) is 6.92 Å². The standard InChI is InChI=1S/C15H20N2O3S/c1-13-3-5-14(6-4-13)7-8-15(20-21(2,18)19)11-17-10-9-16-12-17/h3-6,9-10,12,15H,7-8,11H2,1-2H3. The highest BCUT2D eigenvalue weighted by Crippen LogP contribution is 2.12. The predicted octanol–water partition coefficient (Wildman–Crippen LogP) is 2.17. The van der Waals surface area contributed by atoms with Gasteiger partial charge in [-0.15, -0.1) is 0 Å². The molecule has 114 valence electrons. The van der Waals surface area contributed by atoms with Crippen LogP contribution in [0.3, 0.4) is 0 Å². The van der Waals surface area contributed by atoms with Crippen LogP contribution in [-0.2, 0) is 27.3 Å². The Morgan fingerprint density at radius 3 is 2.57 bits per heavy atom. The van der Waals surface area contributed by atoms with E-state index in [0.717, 1.165) is 12.7 Å². The van der Waals surface area contributed by atoms with Crippen LogP contribution in [0.1, 0.15) is 17.5 Å². The number of aromatic nitrogens is 2. The molecule has 0 fully saturated rings. The zero-order chi connectivity index (χ0) is 15.3. The Labute approximate surface area is 125 Å².